The van der Waals surface area contributed by atoms with Crippen LogP contribution in [0.25, 0.3) is 5.69 Å². The van der Waals surface area contributed by atoms with E-state index in [1.165, 1.54) is 0 Å². The van der Waals surface area contributed by atoms with Gasteiger partial charge in [-0.15, -0.1) is 10.2 Å². The highest BCUT2D eigenvalue weighted by atomic mass is 35.5. The van der Waals surface area contributed by atoms with Crippen molar-refractivity contribution in [3.05, 3.63) is 135 Å². The van der Waals surface area contributed by atoms with Crippen LogP contribution in [-0.2, 0) is 14.4 Å². The van der Waals surface area contributed by atoms with E-state index in [0.29, 0.717) is 28.1 Å². The zero-order valence-corrected chi connectivity index (χ0v) is 44.5. The van der Waals surface area contributed by atoms with Gasteiger partial charge in [0, 0.05) is 51.5 Å². The molecule has 0 saturated carbocycles. The van der Waals surface area contributed by atoms with Crippen molar-refractivity contribution in [2.45, 2.75) is 119 Å². The fraction of sp³-hybridized carbons (Fsp3) is 0.400. The molecule has 378 valence electrons. The molecular formula is C55H71ClN10O5. The molecule has 0 bridgehead atoms. The Morgan fingerprint density at radius 1 is 0.817 bits per heavy atom. The third-order valence-corrected chi connectivity index (χ3v) is 11.7. The molecule has 0 spiro atoms. The highest BCUT2D eigenvalue weighted by Gasteiger charge is 2.31. The summed E-state index contributed by atoms with van der Waals surface area (Å²) < 4.78 is 13.0. The molecular weight excluding hydrogens is 916 g/mol. The smallest absolute Gasteiger partial charge is 0.234 e. The van der Waals surface area contributed by atoms with E-state index in [1.54, 1.807) is 21.3 Å². The first-order chi connectivity index (χ1) is 34.0. The second-order valence-electron chi connectivity index (χ2n) is 17.4. The molecule has 15 nitrogen and oxygen atoms in total. The van der Waals surface area contributed by atoms with Crippen molar-refractivity contribution in [2.24, 2.45) is 20.2 Å². The van der Waals surface area contributed by atoms with Crippen molar-refractivity contribution in [1.29, 1.82) is 0 Å². The Balaban J connectivity index is 0.000000304. The summed E-state index contributed by atoms with van der Waals surface area (Å²) in [5, 5.41) is 26.6. The molecule has 2 amide bonds. The number of halogens is 1. The predicted molar refractivity (Wildman–Crippen MR) is 288 cm³/mol. The van der Waals surface area contributed by atoms with Crippen molar-refractivity contribution in [1.82, 2.24) is 30.7 Å². The summed E-state index contributed by atoms with van der Waals surface area (Å²) in [6.45, 7) is 21.7. The van der Waals surface area contributed by atoms with Crippen LogP contribution in [0.2, 0.25) is 5.02 Å². The summed E-state index contributed by atoms with van der Waals surface area (Å²) in [7, 11) is 4.99. The van der Waals surface area contributed by atoms with Crippen LogP contribution in [0, 0.1) is 13.8 Å². The first-order valence-electron chi connectivity index (χ1n) is 24.0. The van der Waals surface area contributed by atoms with Gasteiger partial charge in [0.1, 0.15) is 29.7 Å². The summed E-state index contributed by atoms with van der Waals surface area (Å²) in [4.78, 5) is 46.8. The number of aldehydes is 1. The first kappa shape index (κ1) is 56.7. The van der Waals surface area contributed by atoms with Crippen LogP contribution in [0.15, 0.2) is 105 Å². The third-order valence-electron chi connectivity index (χ3n) is 11.5. The van der Waals surface area contributed by atoms with Crippen LogP contribution in [0.1, 0.15) is 132 Å². The lowest BCUT2D eigenvalue weighted by atomic mass is 9.91. The van der Waals surface area contributed by atoms with E-state index in [0.717, 1.165) is 68.2 Å². The number of benzene rings is 4. The number of nitrogens with one attached hydrogen (secondary N) is 3. The molecule has 71 heavy (non-hydrogen) atoms. The number of carbonyl (C=O) groups is 3. The summed E-state index contributed by atoms with van der Waals surface area (Å²) in [6.07, 6.45) is 1.15. The number of hydrogen-bond acceptors (Lipinski definition) is 12. The van der Waals surface area contributed by atoms with Crippen molar-refractivity contribution in [3.63, 3.8) is 0 Å². The van der Waals surface area contributed by atoms with E-state index in [2.05, 4.69) is 56.3 Å². The average Bonchev–Trinajstić information content (AvgIpc) is 3.68. The quantitative estimate of drug-likeness (QED) is 0.0440. The Labute approximate surface area is 424 Å². The Kier molecular flexibility index (Phi) is 22.0. The molecule has 0 fully saturated rings. The topological polar surface area (TPSA) is 186 Å². The molecule has 5 aromatic rings. The van der Waals surface area contributed by atoms with Crippen molar-refractivity contribution >= 4 is 52.5 Å². The Hall–Kier alpha value is -6.84. The van der Waals surface area contributed by atoms with Crippen LogP contribution in [-0.4, -0.2) is 102 Å². The number of amides is 2. The van der Waals surface area contributed by atoms with E-state index < -0.39 is 12.1 Å². The molecule has 0 radical (unpaired) electrons. The standard InChI is InChI=1S/C28H35N7O3.C25H30ClN3O2.C2H6/c1-16-7-9-20(10-8-16)27-22-13-21(38-6)11-12-24(22)35-19(4)33-34-28(35)23(32-27)14-25(36)30-17(2)18(3)31-26(37)15-29-5;1-16(2)22-12-11-21(31-6)15-23(22)25(19-7-9-20(26)10-8-19)27-24(13-14-30)18(5)29-28-17(3)4;1-2/h7-13,17-18,23,29H,14-15H2,1-6H3,(H,30,36)(H,31,37);7-12,14-16,24H,13H2,1-6H3;1-2H3/b;27-25?,29-18+;/t17?,18?,23-;24-;/m00./s1. The first-order valence-corrected chi connectivity index (χ1v) is 24.4. The molecule has 6 rings (SSSR count). The highest BCUT2D eigenvalue weighted by molar-refractivity contribution is 6.30. The monoisotopic (exact) mass is 987 g/mol. The van der Waals surface area contributed by atoms with E-state index in [9.17, 15) is 14.4 Å². The number of hydrogen-bond donors (Lipinski definition) is 3. The van der Waals surface area contributed by atoms with Gasteiger partial charge in [0.15, 0.2) is 5.82 Å². The van der Waals surface area contributed by atoms with Gasteiger partial charge in [-0.05, 0) is 109 Å². The van der Waals surface area contributed by atoms with Crippen LogP contribution in [0.4, 0.5) is 0 Å². The van der Waals surface area contributed by atoms with Gasteiger partial charge in [0.05, 0.1) is 56.0 Å². The highest BCUT2D eigenvalue weighted by Crippen LogP contribution is 2.35. The molecule has 3 N–H and O–H groups in total. The van der Waals surface area contributed by atoms with E-state index in [1.807, 2.05) is 146 Å². The Bertz CT molecular complexity index is 2700. The van der Waals surface area contributed by atoms with Gasteiger partial charge in [-0.2, -0.15) is 10.2 Å². The number of nitrogens with zero attached hydrogens (tertiary/aromatic N) is 7. The summed E-state index contributed by atoms with van der Waals surface area (Å²) in [5.41, 5.74) is 9.83. The second kappa shape index (κ2) is 27.5. The van der Waals surface area contributed by atoms with Crippen molar-refractivity contribution in [2.75, 3.05) is 27.8 Å². The van der Waals surface area contributed by atoms with Gasteiger partial charge in [-0.1, -0.05) is 87.3 Å². The molecule has 4 atom stereocenters. The van der Waals surface area contributed by atoms with Crippen molar-refractivity contribution in [3.8, 4) is 17.2 Å². The summed E-state index contributed by atoms with van der Waals surface area (Å²) in [6, 6.07) is 26.0. The average molecular weight is 988 g/mol. The number of likely N-dealkylation sites (N-methyl/N-ethyl adjacent to an activating group) is 1. The summed E-state index contributed by atoms with van der Waals surface area (Å²) >= 11 is 6.13. The number of aliphatic imine (C=N–C) groups is 2. The summed E-state index contributed by atoms with van der Waals surface area (Å²) in [5.74, 6) is 2.68. The number of fused-ring (bicyclic) bond motifs is 3. The fourth-order valence-corrected chi connectivity index (χ4v) is 7.70. The van der Waals surface area contributed by atoms with Gasteiger partial charge < -0.3 is 30.2 Å². The SMILES string of the molecule is CC.CNCC(=O)NC(C)C(C)NC(=O)C[C@@H]1N=C(c2ccc(C)cc2)c2cc(OC)ccc2-n2c(C)nnc21.COc1ccc(C(C)C)c(C(=N[C@@H](CC=O)/C(C)=N/N=C(C)C)c2ccc(Cl)cc2)c1. The van der Waals surface area contributed by atoms with Gasteiger partial charge in [0.25, 0.3) is 0 Å². The maximum absolute atomic E-state index is 13.2. The zero-order valence-electron chi connectivity index (χ0n) is 43.7. The molecule has 4 aromatic carbocycles. The second-order valence-corrected chi connectivity index (χ2v) is 17.9. The van der Waals surface area contributed by atoms with Gasteiger partial charge in [0.2, 0.25) is 11.8 Å². The molecule has 1 aromatic heterocycles. The minimum atomic E-state index is -0.577. The molecule has 1 aliphatic heterocycles. The van der Waals surface area contributed by atoms with E-state index in [-0.39, 0.29) is 49.2 Å². The van der Waals surface area contributed by atoms with E-state index >= 15 is 0 Å². The molecule has 1 aliphatic rings. The predicted octanol–water partition coefficient (Wildman–Crippen LogP) is 9.55. The van der Waals surface area contributed by atoms with Gasteiger partial charge >= 0.3 is 0 Å². The third kappa shape index (κ3) is 15.6. The normalized spacial score (nSPS) is 14.3. The van der Waals surface area contributed by atoms with Crippen LogP contribution >= 0.6 is 11.6 Å². The molecule has 0 aliphatic carbocycles. The minimum Gasteiger partial charge on any atom is -0.497 e. The van der Waals surface area contributed by atoms with Crippen molar-refractivity contribution < 1.29 is 23.9 Å². The Morgan fingerprint density at radius 2 is 1.44 bits per heavy atom. The fourth-order valence-electron chi connectivity index (χ4n) is 7.57. The number of carbonyl (C=O) groups excluding carboxylic acids is 3. The lowest BCUT2D eigenvalue weighted by molar-refractivity contribution is -0.124. The molecule has 16 heteroatoms. The number of aromatic nitrogens is 3. The molecule has 2 heterocycles. The largest absolute Gasteiger partial charge is 0.497 e. The lowest BCUT2D eigenvalue weighted by Gasteiger charge is -2.23. The maximum atomic E-state index is 13.2. The Morgan fingerprint density at radius 3 is 2.03 bits per heavy atom. The number of aryl methyl sites for hydroxylation is 2. The zero-order chi connectivity index (χ0) is 52.4. The van der Waals surface area contributed by atoms with Crippen LogP contribution in [0.3, 0.4) is 0 Å². The number of ether oxygens (including phenoxy) is 2. The van der Waals surface area contributed by atoms with Crippen LogP contribution in [0.5, 0.6) is 11.5 Å². The number of rotatable bonds is 18. The van der Waals surface area contributed by atoms with Crippen LogP contribution < -0.4 is 25.4 Å². The maximum Gasteiger partial charge on any atom is 0.234 e. The van der Waals surface area contributed by atoms with Gasteiger partial charge in [-0.3, -0.25) is 24.1 Å². The minimum absolute atomic E-state index is 0.0696. The molecule has 0 saturated heterocycles. The van der Waals surface area contributed by atoms with Gasteiger partial charge in [-0.25, -0.2) is 0 Å². The lowest BCUT2D eigenvalue weighted by Crippen LogP contribution is -2.50. The number of methoxy groups -OCH3 is 2. The molecule has 2 unspecified atom stereocenters. The van der Waals surface area contributed by atoms with E-state index in [4.69, 9.17) is 31.1 Å².